The predicted molar refractivity (Wildman–Crippen MR) is 75.7 cm³/mol. The van der Waals surface area contributed by atoms with Crippen molar-refractivity contribution in [2.75, 3.05) is 25.0 Å². The number of piperidine rings is 1. The van der Waals surface area contributed by atoms with E-state index in [1.807, 2.05) is 12.1 Å². The first-order chi connectivity index (χ1) is 9.24. The van der Waals surface area contributed by atoms with Crippen LogP contribution in [0.4, 0.5) is 10.5 Å². The molecule has 0 atom stereocenters. The van der Waals surface area contributed by atoms with Gasteiger partial charge in [0.25, 0.3) is 0 Å². The number of carboxylic acid groups (broad SMARTS) is 1. The molecule has 2 rings (SSSR count). The van der Waals surface area contributed by atoms with Crippen molar-refractivity contribution < 1.29 is 9.90 Å². The van der Waals surface area contributed by atoms with Gasteiger partial charge in [-0.1, -0.05) is 12.1 Å². The zero-order chi connectivity index (χ0) is 13.5. The summed E-state index contributed by atoms with van der Waals surface area (Å²) in [5.41, 5.74) is 2.28. The smallest absolute Gasteiger partial charge is 0.404 e. The SMILES string of the molecule is O=C(O)NCCc1ccc(NC2CCNCC2)cc1. The average molecular weight is 263 g/mol. The van der Waals surface area contributed by atoms with Crippen LogP contribution in [0.1, 0.15) is 18.4 Å². The fraction of sp³-hybridized carbons (Fsp3) is 0.500. The van der Waals surface area contributed by atoms with Gasteiger partial charge >= 0.3 is 6.09 Å². The second-order valence-electron chi connectivity index (χ2n) is 4.85. The summed E-state index contributed by atoms with van der Waals surface area (Å²) in [4.78, 5) is 10.3. The largest absolute Gasteiger partial charge is 0.465 e. The lowest BCUT2D eigenvalue weighted by Crippen LogP contribution is -2.35. The highest BCUT2D eigenvalue weighted by Crippen LogP contribution is 2.14. The van der Waals surface area contributed by atoms with Crippen molar-refractivity contribution in [1.82, 2.24) is 10.6 Å². The van der Waals surface area contributed by atoms with Crippen LogP contribution in [-0.2, 0) is 6.42 Å². The molecular formula is C14H21N3O2. The topological polar surface area (TPSA) is 73.4 Å². The Morgan fingerprint density at radius 3 is 2.58 bits per heavy atom. The molecular weight excluding hydrogens is 242 g/mol. The molecule has 0 aromatic heterocycles. The first-order valence-electron chi connectivity index (χ1n) is 6.77. The van der Waals surface area contributed by atoms with Crippen LogP contribution >= 0.6 is 0 Å². The van der Waals surface area contributed by atoms with E-state index in [0.29, 0.717) is 12.6 Å². The second kappa shape index (κ2) is 6.99. The Hall–Kier alpha value is -1.75. The Balaban J connectivity index is 1.78. The summed E-state index contributed by atoms with van der Waals surface area (Å²) in [5.74, 6) is 0. The monoisotopic (exact) mass is 263 g/mol. The second-order valence-corrected chi connectivity index (χ2v) is 4.85. The van der Waals surface area contributed by atoms with E-state index >= 15 is 0 Å². The van der Waals surface area contributed by atoms with Crippen LogP contribution in [0.2, 0.25) is 0 Å². The average Bonchev–Trinajstić information content (AvgIpc) is 2.42. The molecule has 1 aliphatic rings. The number of amides is 1. The molecule has 5 nitrogen and oxygen atoms in total. The van der Waals surface area contributed by atoms with Gasteiger partial charge < -0.3 is 21.1 Å². The molecule has 1 heterocycles. The molecule has 1 saturated heterocycles. The van der Waals surface area contributed by atoms with E-state index in [1.165, 1.54) is 0 Å². The maximum Gasteiger partial charge on any atom is 0.404 e. The lowest BCUT2D eigenvalue weighted by molar-refractivity contribution is 0.194. The minimum absolute atomic E-state index is 0.455. The highest BCUT2D eigenvalue weighted by atomic mass is 16.4. The van der Waals surface area contributed by atoms with E-state index in [-0.39, 0.29) is 0 Å². The fourth-order valence-corrected chi connectivity index (χ4v) is 2.28. The standard InChI is InChI=1S/C14H21N3O2/c18-14(19)16-10-5-11-1-3-12(4-2-11)17-13-6-8-15-9-7-13/h1-4,13,15-17H,5-10H2,(H,18,19). The molecule has 5 heteroatoms. The van der Waals surface area contributed by atoms with E-state index in [9.17, 15) is 4.79 Å². The Morgan fingerprint density at radius 1 is 1.26 bits per heavy atom. The van der Waals surface area contributed by atoms with Crippen molar-refractivity contribution in [3.63, 3.8) is 0 Å². The Morgan fingerprint density at radius 2 is 1.95 bits per heavy atom. The first-order valence-corrected chi connectivity index (χ1v) is 6.77. The van der Waals surface area contributed by atoms with Crippen molar-refractivity contribution in [3.8, 4) is 0 Å². The Bertz CT molecular complexity index is 400. The third kappa shape index (κ3) is 4.79. The van der Waals surface area contributed by atoms with Gasteiger partial charge in [0, 0.05) is 18.3 Å². The zero-order valence-electron chi connectivity index (χ0n) is 11.0. The quantitative estimate of drug-likeness (QED) is 0.652. The van der Waals surface area contributed by atoms with E-state index < -0.39 is 6.09 Å². The van der Waals surface area contributed by atoms with Crippen LogP contribution in [0.3, 0.4) is 0 Å². The van der Waals surface area contributed by atoms with E-state index in [4.69, 9.17) is 5.11 Å². The number of hydrogen-bond donors (Lipinski definition) is 4. The van der Waals surface area contributed by atoms with E-state index in [2.05, 4.69) is 28.1 Å². The van der Waals surface area contributed by atoms with Crippen molar-refractivity contribution in [2.24, 2.45) is 0 Å². The Labute approximate surface area is 113 Å². The van der Waals surface area contributed by atoms with Crippen molar-refractivity contribution >= 4 is 11.8 Å². The summed E-state index contributed by atoms with van der Waals surface area (Å²) in [6.45, 7) is 2.61. The maximum absolute atomic E-state index is 10.3. The molecule has 104 valence electrons. The summed E-state index contributed by atoms with van der Waals surface area (Å²) in [7, 11) is 0. The molecule has 1 aliphatic heterocycles. The van der Waals surface area contributed by atoms with Gasteiger partial charge in [-0.2, -0.15) is 0 Å². The van der Waals surface area contributed by atoms with Crippen molar-refractivity contribution in [3.05, 3.63) is 29.8 Å². The number of rotatable bonds is 5. The number of carbonyl (C=O) groups is 1. The number of hydrogen-bond acceptors (Lipinski definition) is 3. The van der Waals surface area contributed by atoms with Gasteiger partial charge in [-0.25, -0.2) is 4.79 Å². The van der Waals surface area contributed by atoms with Gasteiger partial charge in [-0.05, 0) is 50.0 Å². The van der Waals surface area contributed by atoms with Gasteiger partial charge in [0.15, 0.2) is 0 Å². The Kier molecular flexibility index (Phi) is 5.03. The van der Waals surface area contributed by atoms with Crippen molar-refractivity contribution in [2.45, 2.75) is 25.3 Å². The van der Waals surface area contributed by atoms with Crippen LogP contribution in [0, 0.1) is 0 Å². The minimum Gasteiger partial charge on any atom is -0.465 e. The molecule has 0 bridgehead atoms. The third-order valence-electron chi connectivity index (χ3n) is 3.35. The lowest BCUT2D eigenvalue weighted by atomic mass is 10.1. The lowest BCUT2D eigenvalue weighted by Gasteiger charge is -2.24. The van der Waals surface area contributed by atoms with Crippen LogP contribution in [0.5, 0.6) is 0 Å². The van der Waals surface area contributed by atoms with Gasteiger partial charge in [0.05, 0.1) is 0 Å². The van der Waals surface area contributed by atoms with Crippen LogP contribution < -0.4 is 16.0 Å². The highest BCUT2D eigenvalue weighted by Gasteiger charge is 2.11. The molecule has 1 aromatic carbocycles. The number of nitrogens with one attached hydrogen (secondary N) is 3. The maximum atomic E-state index is 10.3. The normalized spacial score (nSPS) is 16.0. The highest BCUT2D eigenvalue weighted by molar-refractivity contribution is 5.64. The molecule has 4 N–H and O–H groups in total. The third-order valence-corrected chi connectivity index (χ3v) is 3.35. The predicted octanol–water partition coefficient (Wildman–Crippen LogP) is 1.66. The zero-order valence-corrected chi connectivity index (χ0v) is 11.0. The molecule has 0 radical (unpaired) electrons. The molecule has 0 aliphatic carbocycles. The molecule has 0 saturated carbocycles. The van der Waals surface area contributed by atoms with Crippen molar-refractivity contribution in [1.29, 1.82) is 0 Å². The van der Waals surface area contributed by atoms with Crippen LogP contribution in [0.25, 0.3) is 0 Å². The number of benzene rings is 1. The van der Waals surface area contributed by atoms with E-state index in [1.54, 1.807) is 0 Å². The van der Waals surface area contributed by atoms with Crippen LogP contribution in [-0.4, -0.2) is 36.9 Å². The number of anilines is 1. The van der Waals surface area contributed by atoms with Crippen LogP contribution in [0.15, 0.2) is 24.3 Å². The van der Waals surface area contributed by atoms with Gasteiger partial charge in [0.1, 0.15) is 0 Å². The summed E-state index contributed by atoms with van der Waals surface area (Å²) < 4.78 is 0. The summed E-state index contributed by atoms with van der Waals surface area (Å²) in [6.07, 6.45) is 2.07. The summed E-state index contributed by atoms with van der Waals surface area (Å²) >= 11 is 0. The van der Waals surface area contributed by atoms with Gasteiger partial charge in [0.2, 0.25) is 0 Å². The molecule has 0 unspecified atom stereocenters. The fourth-order valence-electron chi connectivity index (χ4n) is 2.28. The first kappa shape index (κ1) is 13.7. The minimum atomic E-state index is -0.968. The van der Waals surface area contributed by atoms with E-state index in [0.717, 1.165) is 43.6 Å². The van der Waals surface area contributed by atoms with Gasteiger partial charge in [-0.3, -0.25) is 0 Å². The van der Waals surface area contributed by atoms with Gasteiger partial charge in [-0.15, -0.1) is 0 Å². The molecule has 1 aromatic rings. The summed E-state index contributed by atoms with van der Waals surface area (Å²) in [5, 5.41) is 17.7. The molecule has 1 amide bonds. The molecule has 0 spiro atoms. The molecule has 1 fully saturated rings. The summed E-state index contributed by atoms with van der Waals surface area (Å²) in [6, 6.07) is 8.79. The molecule has 19 heavy (non-hydrogen) atoms.